The molecule has 2 rings (SSSR count). The molecular weight excluding hydrogens is 250 g/mol. The van der Waals surface area contributed by atoms with Crippen LogP contribution in [0.5, 0.6) is 0 Å². The molecule has 0 spiro atoms. The number of nitro groups is 1. The van der Waals surface area contributed by atoms with Gasteiger partial charge in [-0.1, -0.05) is 31.5 Å². The molecule has 1 saturated carbocycles. The van der Waals surface area contributed by atoms with Gasteiger partial charge in [0.15, 0.2) is 5.03 Å². The van der Waals surface area contributed by atoms with Gasteiger partial charge in [0.05, 0.1) is 4.92 Å². The van der Waals surface area contributed by atoms with Gasteiger partial charge in [-0.25, -0.2) is 4.98 Å². The molecule has 6 heteroatoms. The van der Waals surface area contributed by atoms with E-state index in [2.05, 4.69) is 11.9 Å². The standard InChI is InChI=1S/C12H17N3O2S/c1-8-3-2-4-9(7-8)18-12-10(15(16)17)5-6-11(13)14-12/h5-6,8-9H,2-4,7H2,1H3,(H2,13,14). The highest BCUT2D eigenvalue weighted by atomic mass is 32.2. The van der Waals surface area contributed by atoms with Gasteiger partial charge in [-0.15, -0.1) is 0 Å². The number of nitrogens with zero attached hydrogens (tertiary/aromatic N) is 2. The van der Waals surface area contributed by atoms with E-state index in [1.165, 1.54) is 36.7 Å². The molecule has 18 heavy (non-hydrogen) atoms. The number of thioether (sulfide) groups is 1. The first-order valence-electron chi connectivity index (χ1n) is 6.14. The summed E-state index contributed by atoms with van der Waals surface area (Å²) in [5.41, 5.74) is 5.68. The van der Waals surface area contributed by atoms with Gasteiger partial charge >= 0.3 is 5.69 Å². The molecule has 2 unspecified atom stereocenters. The fourth-order valence-corrected chi connectivity index (χ4v) is 3.76. The third-order valence-corrected chi connectivity index (χ3v) is 4.51. The van der Waals surface area contributed by atoms with Crippen molar-refractivity contribution >= 4 is 23.3 Å². The summed E-state index contributed by atoms with van der Waals surface area (Å²) >= 11 is 1.50. The number of hydrogen-bond acceptors (Lipinski definition) is 5. The van der Waals surface area contributed by atoms with E-state index in [1.54, 1.807) is 0 Å². The molecule has 1 fully saturated rings. The minimum Gasteiger partial charge on any atom is -0.384 e. The Morgan fingerprint density at radius 1 is 1.50 bits per heavy atom. The van der Waals surface area contributed by atoms with Crippen molar-refractivity contribution in [2.45, 2.75) is 42.9 Å². The van der Waals surface area contributed by atoms with Crippen LogP contribution in [0, 0.1) is 16.0 Å². The van der Waals surface area contributed by atoms with Gasteiger partial charge in [0.1, 0.15) is 5.82 Å². The predicted octanol–water partition coefficient (Wildman–Crippen LogP) is 3.24. The summed E-state index contributed by atoms with van der Waals surface area (Å²) in [4.78, 5) is 14.7. The lowest BCUT2D eigenvalue weighted by molar-refractivity contribution is -0.388. The van der Waals surface area contributed by atoms with E-state index in [0.717, 1.165) is 12.8 Å². The van der Waals surface area contributed by atoms with Crippen molar-refractivity contribution in [3.05, 3.63) is 22.2 Å². The van der Waals surface area contributed by atoms with Gasteiger partial charge in [0, 0.05) is 11.3 Å². The largest absolute Gasteiger partial charge is 0.384 e. The van der Waals surface area contributed by atoms with Crippen LogP contribution >= 0.6 is 11.8 Å². The molecule has 2 N–H and O–H groups in total. The SMILES string of the molecule is CC1CCCC(Sc2nc(N)ccc2[N+](=O)[O-])C1. The average molecular weight is 267 g/mol. The number of nitrogens with two attached hydrogens (primary N) is 1. The van der Waals surface area contributed by atoms with Gasteiger partial charge in [-0.05, 0) is 24.8 Å². The maximum absolute atomic E-state index is 11.0. The highest BCUT2D eigenvalue weighted by Gasteiger charge is 2.24. The topological polar surface area (TPSA) is 82.0 Å². The minimum absolute atomic E-state index is 0.0624. The molecule has 0 saturated heterocycles. The number of rotatable bonds is 3. The molecular formula is C12H17N3O2S. The Kier molecular flexibility index (Phi) is 4.06. The van der Waals surface area contributed by atoms with Crippen LogP contribution in [0.1, 0.15) is 32.6 Å². The van der Waals surface area contributed by atoms with Crippen molar-refractivity contribution in [2.75, 3.05) is 5.73 Å². The van der Waals surface area contributed by atoms with E-state index in [9.17, 15) is 10.1 Å². The predicted molar refractivity (Wildman–Crippen MR) is 72.6 cm³/mol. The summed E-state index contributed by atoms with van der Waals surface area (Å²) in [6, 6.07) is 2.92. The third kappa shape index (κ3) is 3.13. The fourth-order valence-electron chi connectivity index (χ4n) is 2.32. The van der Waals surface area contributed by atoms with Gasteiger partial charge < -0.3 is 5.73 Å². The molecule has 0 aliphatic heterocycles. The van der Waals surface area contributed by atoms with E-state index in [-0.39, 0.29) is 10.6 Å². The molecule has 1 aromatic heterocycles. The van der Waals surface area contributed by atoms with Crippen molar-refractivity contribution < 1.29 is 4.92 Å². The van der Waals surface area contributed by atoms with E-state index >= 15 is 0 Å². The number of hydrogen-bond donors (Lipinski definition) is 1. The summed E-state index contributed by atoms with van der Waals surface area (Å²) in [6.45, 7) is 2.23. The van der Waals surface area contributed by atoms with Crippen molar-refractivity contribution in [1.29, 1.82) is 0 Å². The molecule has 5 nitrogen and oxygen atoms in total. The van der Waals surface area contributed by atoms with Crippen LogP contribution in [0.25, 0.3) is 0 Å². The van der Waals surface area contributed by atoms with Crippen LogP contribution in [0.2, 0.25) is 0 Å². The van der Waals surface area contributed by atoms with Gasteiger partial charge in [0.2, 0.25) is 0 Å². The first kappa shape index (κ1) is 13.1. The van der Waals surface area contributed by atoms with Gasteiger partial charge in [-0.3, -0.25) is 10.1 Å². The monoisotopic (exact) mass is 267 g/mol. The summed E-state index contributed by atoms with van der Waals surface area (Å²) in [5, 5.41) is 11.8. The Bertz CT molecular complexity index is 453. The van der Waals surface area contributed by atoms with Crippen molar-refractivity contribution in [3.8, 4) is 0 Å². The molecule has 0 amide bonds. The molecule has 1 heterocycles. The molecule has 0 bridgehead atoms. The highest BCUT2D eigenvalue weighted by molar-refractivity contribution is 8.00. The number of aromatic nitrogens is 1. The molecule has 2 atom stereocenters. The maximum atomic E-state index is 11.0. The fraction of sp³-hybridized carbons (Fsp3) is 0.583. The normalized spacial score (nSPS) is 23.8. The van der Waals surface area contributed by atoms with Gasteiger partial charge in [0.25, 0.3) is 0 Å². The summed E-state index contributed by atoms with van der Waals surface area (Å²) in [6.07, 6.45) is 4.64. The quantitative estimate of drug-likeness (QED) is 0.671. The Morgan fingerprint density at radius 3 is 2.94 bits per heavy atom. The van der Waals surface area contributed by atoms with E-state index in [0.29, 0.717) is 22.0 Å². The first-order chi connectivity index (χ1) is 8.56. The lowest BCUT2D eigenvalue weighted by Crippen LogP contribution is -2.15. The molecule has 0 aromatic carbocycles. The van der Waals surface area contributed by atoms with Crippen LogP contribution < -0.4 is 5.73 Å². The maximum Gasteiger partial charge on any atom is 0.301 e. The minimum atomic E-state index is -0.388. The van der Waals surface area contributed by atoms with E-state index < -0.39 is 0 Å². The number of anilines is 1. The molecule has 1 aromatic rings. The summed E-state index contributed by atoms with van der Waals surface area (Å²) in [5.74, 6) is 1.03. The lowest BCUT2D eigenvalue weighted by Gasteiger charge is -2.25. The summed E-state index contributed by atoms with van der Waals surface area (Å²) < 4.78 is 0. The Hall–Kier alpha value is -1.30. The Balaban J connectivity index is 2.16. The smallest absolute Gasteiger partial charge is 0.301 e. The first-order valence-corrected chi connectivity index (χ1v) is 7.02. The van der Waals surface area contributed by atoms with Crippen LogP contribution in [0.4, 0.5) is 11.5 Å². The van der Waals surface area contributed by atoms with E-state index in [1.807, 2.05) is 0 Å². The number of nitrogen functional groups attached to an aromatic ring is 1. The zero-order chi connectivity index (χ0) is 13.1. The van der Waals surface area contributed by atoms with Crippen LogP contribution in [0.3, 0.4) is 0 Å². The Morgan fingerprint density at radius 2 is 2.28 bits per heavy atom. The third-order valence-electron chi connectivity index (χ3n) is 3.23. The second-order valence-electron chi connectivity index (χ2n) is 4.83. The molecule has 98 valence electrons. The second kappa shape index (κ2) is 5.56. The molecule has 1 aliphatic carbocycles. The number of pyridine rings is 1. The van der Waals surface area contributed by atoms with Crippen LogP contribution in [-0.4, -0.2) is 15.2 Å². The van der Waals surface area contributed by atoms with Gasteiger partial charge in [-0.2, -0.15) is 0 Å². The Labute approximate surface area is 110 Å². The van der Waals surface area contributed by atoms with E-state index in [4.69, 9.17) is 5.73 Å². The summed E-state index contributed by atoms with van der Waals surface area (Å²) in [7, 11) is 0. The molecule has 0 radical (unpaired) electrons. The zero-order valence-corrected chi connectivity index (χ0v) is 11.2. The average Bonchev–Trinajstić information content (AvgIpc) is 2.28. The van der Waals surface area contributed by atoms with Crippen LogP contribution in [0.15, 0.2) is 17.2 Å². The highest BCUT2D eigenvalue weighted by Crippen LogP contribution is 2.38. The molecule has 1 aliphatic rings. The van der Waals surface area contributed by atoms with Crippen molar-refractivity contribution in [2.24, 2.45) is 5.92 Å². The second-order valence-corrected chi connectivity index (χ2v) is 6.12. The van der Waals surface area contributed by atoms with Crippen LogP contribution in [-0.2, 0) is 0 Å². The lowest BCUT2D eigenvalue weighted by atomic mass is 9.91. The van der Waals surface area contributed by atoms with Crippen molar-refractivity contribution in [3.63, 3.8) is 0 Å². The zero-order valence-electron chi connectivity index (χ0n) is 10.3. The van der Waals surface area contributed by atoms with Crippen molar-refractivity contribution in [1.82, 2.24) is 4.98 Å².